The van der Waals surface area contributed by atoms with E-state index in [4.69, 9.17) is 0 Å². The van der Waals surface area contributed by atoms with Gasteiger partial charge in [0.05, 0.1) is 6.04 Å². The van der Waals surface area contributed by atoms with Crippen molar-refractivity contribution in [1.82, 2.24) is 10.2 Å². The van der Waals surface area contributed by atoms with Crippen LogP contribution in [0.4, 0.5) is 0 Å². The Kier molecular flexibility index (Phi) is 3.60. The van der Waals surface area contributed by atoms with Crippen LogP contribution in [0, 0.1) is 5.41 Å². The number of hydrogen-bond donors (Lipinski definition) is 1. The van der Waals surface area contributed by atoms with Crippen molar-refractivity contribution < 1.29 is 4.79 Å². The minimum Gasteiger partial charge on any atom is -0.341 e. The highest BCUT2D eigenvalue weighted by Crippen LogP contribution is 2.46. The first-order chi connectivity index (χ1) is 8.79. The predicted octanol–water partition coefficient (Wildman–Crippen LogP) is 2.31. The van der Waals surface area contributed by atoms with Crippen molar-refractivity contribution in [1.29, 1.82) is 0 Å². The second kappa shape index (κ2) is 5.20. The highest BCUT2D eigenvalue weighted by Gasteiger charge is 2.39. The SMILES string of the molecule is O=C([C@H]1CCCCN1)N1CCC2(CCCC2)CC1. The summed E-state index contributed by atoms with van der Waals surface area (Å²) in [5.41, 5.74) is 0.622. The van der Waals surface area contributed by atoms with Crippen LogP contribution in [0.3, 0.4) is 0 Å². The van der Waals surface area contributed by atoms with Crippen molar-refractivity contribution in [2.75, 3.05) is 19.6 Å². The average Bonchev–Trinajstić information content (AvgIpc) is 2.88. The summed E-state index contributed by atoms with van der Waals surface area (Å²) in [6.45, 7) is 3.04. The molecule has 18 heavy (non-hydrogen) atoms. The third kappa shape index (κ3) is 2.42. The summed E-state index contributed by atoms with van der Waals surface area (Å²) in [5.74, 6) is 0.377. The Bertz CT molecular complexity index is 294. The summed E-state index contributed by atoms with van der Waals surface area (Å²) in [6.07, 6.45) is 11.6. The van der Waals surface area contributed by atoms with E-state index in [1.165, 1.54) is 51.4 Å². The molecule has 0 aromatic heterocycles. The van der Waals surface area contributed by atoms with Gasteiger partial charge in [0.1, 0.15) is 0 Å². The highest BCUT2D eigenvalue weighted by atomic mass is 16.2. The molecule has 102 valence electrons. The third-order valence-corrected chi connectivity index (χ3v) is 5.41. The van der Waals surface area contributed by atoms with Gasteiger partial charge in [-0.25, -0.2) is 0 Å². The van der Waals surface area contributed by atoms with Crippen LogP contribution in [0.5, 0.6) is 0 Å². The molecule has 0 unspecified atom stereocenters. The molecule has 3 heteroatoms. The van der Waals surface area contributed by atoms with E-state index in [9.17, 15) is 4.79 Å². The molecule has 3 fully saturated rings. The number of carbonyl (C=O) groups is 1. The first-order valence-corrected chi connectivity index (χ1v) is 7.81. The van der Waals surface area contributed by atoms with E-state index in [1.54, 1.807) is 0 Å². The fourth-order valence-corrected chi connectivity index (χ4v) is 4.11. The molecule has 1 saturated carbocycles. The highest BCUT2D eigenvalue weighted by molar-refractivity contribution is 5.82. The van der Waals surface area contributed by atoms with E-state index in [1.807, 2.05) is 0 Å². The summed E-state index contributed by atoms with van der Waals surface area (Å²) in [6, 6.07) is 0.122. The fourth-order valence-electron chi connectivity index (χ4n) is 4.11. The van der Waals surface area contributed by atoms with Gasteiger partial charge < -0.3 is 10.2 Å². The Morgan fingerprint density at radius 3 is 2.33 bits per heavy atom. The van der Waals surface area contributed by atoms with E-state index in [0.717, 1.165) is 26.1 Å². The van der Waals surface area contributed by atoms with Gasteiger partial charge in [-0.05, 0) is 50.5 Å². The zero-order chi connectivity index (χ0) is 12.4. The van der Waals surface area contributed by atoms with E-state index in [2.05, 4.69) is 10.2 Å². The second-order valence-corrected chi connectivity index (χ2v) is 6.53. The van der Waals surface area contributed by atoms with Gasteiger partial charge >= 0.3 is 0 Å². The molecule has 1 atom stereocenters. The van der Waals surface area contributed by atoms with Gasteiger partial charge in [0.25, 0.3) is 0 Å². The molecule has 2 saturated heterocycles. The molecule has 3 aliphatic rings. The van der Waals surface area contributed by atoms with Crippen molar-refractivity contribution in [2.45, 2.75) is 63.8 Å². The number of nitrogens with zero attached hydrogens (tertiary/aromatic N) is 1. The topological polar surface area (TPSA) is 32.3 Å². The van der Waals surface area contributed by atoms with Gasteiger partial charge in [0.2, 0.25) is 5.91 Å². The van der Waals surface area contributed by atoms with Crippen LogP contribution < -0.4 is 5.32 Å². The van der Waals surface area contributed by atoms with Crippen LogP contribution in [0.25, 0.3) is 0 Å². The largest absolute Gasteiger partial charge is 0.341 e. The lowest BCUT2D eigenvalue weighted by Crippen LogP contribution is -2.51. The number of hydrogen-bond acceptors (Lipinski definition) is 2. The van der Waals surface area contributed by atoms with E-state index in [-0.39, 0.29) is 6.04 Å². The van der Waals surface area contributed by atoms with Gasteiger partial charge in [-0.15, -0.1) is 0 Å². The van der Waals surface area contributed by atoms with Crippen LogP contribution in [0.1, 0.15) is 57.8 Å². The minimum atomic E-state index is 0.122. The first kappa shape index (κ1) is 12.5. The second-order valence-electron chi connectivity index (χ2n) is 6.53. The predicted molar refractivity (Wildman–Crippen MR) is 72.4 cm³/mol. The molecular weight excluding hydrogens is 224 g/mol. The van der Waals surface area contributed by atoms with Gasteiger partial charge in [0, 0.05) is 13.1 Å². The van der Waals surface area contributed by atoms with Gasteiger partial charge in [-0.1, -0.05) is 19.3 Å². The van der Waals surface area contributed by atoms with Gasteiger partial charge in [-0.3, -0.25) is 4.79 Å². The Labute approximate surface area is 110 Å². The molecule has 3 nitrogen and oxygen atoms in total. The summed E-state index contributed by atoms with van der Waals surface area (Å²) in [5, 5.41) is 3.39. The molecular formula is C15H26N2O. The van der Waals surface area contributed by atoms with Crippen LogP contribution in [-0.2, 0) is 4.79 Å². The molecule has 0 bridgehead atoms. The van der Waals surface area contributed by atoms with Crippen molar-refractivity contribution >= 4 is 5.91 Å². The molecule has 1 spiro atoms. The number of amides is 1. The minimum absolute atomic E-state index is 0.122. The zero-order valence-corrected chi connectivity index (χ0v) is 11.4. The summed E-state index contributed by atoms with van der Waals surface area (Å²) >= 11 is 0. The normalized spacial score (nSPS) is 31.8. The first-order valence-electron chi connectivity index (χ1n) is 7.81. The van der Waals surface area contributed by atoms with Gasteiger partial charge in [-0.2, -0.15) is 0 Å². The number of carbonyl (C=O) groups excluding carboxylic acids is 1. The lowest BCUT2D eigenvalue weighted by molar-refractivity contribution is -0.136. The molecule has 3 rings (SSSR count). The Hall–Kier alpha value is -0.570. The van der Waals surface area contributed by atoms with E-state index >= 15 is 0 Å². The van der Waals surface area contributed by atoms with Crippen molar-refractivity contribution in [3.8, 4) is 0 Å². The van der Waals surface area contributed by atoms with Crippen LogP contribution in [-0.4, -0.2) is 36.5 Å². The Morgan fingerprint density at radius 2 is 1.72 bits per heavy atom. The van der Waals surface area contributed by atoms with E-state index < -0.39 is 0 Å². The summed E-state index contributed by atoms with van der Waals surface area (Å²) in [7, 11) is 0. The maximum Gasteiger partial charge on any atom is 0.239 e. The fraction of sp³-hybridized carbons (Fsp3) is 0.933. The quantitative estimate of drug-likeness (QED) is 0.774. The molecule has 1 N–H and O–H groups in total. The Morgan fingerprint density at radius 1 is 1.00 bits per heavy atom. The molecule has 2 heterocycles. The zero-order valence-electron chi connectivity index (χ0n) is 11.4. The molecule has 1 aliphatic carbocycles. The Balaban J connectivity index is 1.53. The molecule has 0 aromatic carbocycles. The average molecular weight is 250 g/mol. The van der Waals surface area contributed by atoms with Crippen molar-refractivity contribution in [2.24, 2.45) is 5.41 Å². The standard InChI is InChI=1S/C15H26N2O/c18-14(13-5-1-4-10-16-13)17-11-8-15(9-12-17)6-2-3-7-15/h13,16H,1-12H2/t13-/m1/s1. The number of rotatable bonds is 1. The number of nitrogens with one attached hydrogen (secondary N) is 1. The van der Waals surface area contributed by atoms with Crippen LogP contribution >= 0.6 is 0 Å². The molecule has 2 aliphatic heterocycles. The monoisotopic (exact) mass is 250 g/mol. The lowest BCUT2D eigenvalue weighted by atomic mass is 9.77. The van der Waals surface area contributed by atoms with Gasteiger partial charge in [0.15, 0.2) is 0 Å². The van der Waals surface area contributed by atoms with Crippen molar-refractivity contribution in [3.63, 3.8) is 0 Å². The summed E-state index contributed by atoms with van der Waals surface area (Å²) < 4.78 is 0. The molecule has 0 aromatic rings. The molecule has 0 radical (unpaired) electrons. The maximum absolute atomic E-state index is 12.4. The number of piperidine rings is 2. The van der Waals surface area contributed by atoms with Crippen molar-refractivity contribution in [3.05, 3.63) is 0 Å². The molecule has 1 amide bonds. The third-order valence-electron chi connectivity index (χ3n) is 5.41. The van der Waals surface area contributed by atoms with Crippen LogP contribution in [0.15, 0.2) is 0 Å². The van der Waals surface area contributed by atoms with E-state index in [0.29, 0.717) is 11.3 Å². The smallest absolute Gasteiger partial charge is 0.239 e. The lowest BCUT2D eigenvalue weighted by Gasteiger charge is -2.41. The summed E-state index contributed by atoms with van der Waals surface area (Å²) in [4.78, 5) is 14.6. The number of likely N-dealkylation sites (tertiary alicyclic amines) is 1. The maximum atomic E-state index is 12.4. The van der Waals surface area contributed by atoms with Crippen LogP contribution in [0.2, 0.25) is 0 Å².